The first-order valence-corrected chi connectivity index (χ1v) is 10.5. The van der Waals surface area contributed by atoms with E-state index in [4.69, 9.17) is 44.3 Å². The summed E-state index contributed by atoms with van der Waals surface area (Å²) in [6.07, 6.45) is 3.66. The van der Waals surface area contributed by atoms with E-state index in [1.807, 2.05) is 13.8 Å². The van der Waals surface area contributed by atoms with Crippen molar-refractivity contribution in [3.63, 3.8) is 0 Å². The molecule has 0 spiro atoms. The Bertz CT molecular complexity index is 637. The van der Waals surface area contributed by atoms with Crippen molar-refractivity contribution in [3.8, 4) is 12.3 Å². The Kier molecular flexibility index (Phi) is 8.66. The van der Waals surface area contributed by atoms with Gasteiger partial charge >= 0.3 is 0 Å². The molecule has 176 valence electrons. The van der Waals surface area contributed by atoms with Gasteiger partial charge < -0.3 is 43.2 Å². The van der Waals surface area contributed by atoms with Crippen LogP contribution in [0.3, 0.4) is 0 Å². The molecule has 3 fully saturated rings. The first-order chi connectivity index (χ1) is 14.9. The van der Waals surface area contributed by atoms with Gasteiger partial charge in [0.2, 0.25) is 5.91 Å². The summed E-state index contributed by atoms with van der Waals surface area (Å²) >= 11 is 0. The smallest absolute Gasteiger partial charge is 0.217 e. The summed E-state index contributed by atoms with van der Waals surface area (Å²) in [5.41, 5.74) is -0.792. The van der Waals surface area contributed by atoms with Crippen LogP contribution in [0.5, 0.6) is 0 Å². The number of nitrogens with one attached hydrogen (secondary N) is 1. The van der Waals surface area contributed by atoms with Crippen LogP contribution in [0.15, 0.2) is 0 Å². The van der Waals surface area contributed by atoms with Crippen molar-refractivity contribution in [2.24, 2.45) is 0 Å². The van der Waals surface area contributed by atoms with E-state index in [-0.39, 0.29) is 18.6 Å². The van der Waals surface area contributed by atoms with Crippen molar-refractivity contribution in [2.75, 3.05) is 59.5 Å². The fraction of sp³-hybridized carbons (Fsp3) is 0.857. The molecule has 10 heteroatoms. The van der Waals surface area contributed by atoms with Gasteiger partial charge in [-0.25, -0.2) is 0 Å². The molecule has 0 aromatic carbocycles. The summed E-state index contributed by atoms with van der Waals surface area (Å²) in [7, 11) is 0. The Balaban J connectivity index is 1.38. The molecular formula is C21H33NO9. The van der Waals surface area contributed by atoms with E-state index in [2.05, 4.69) is 11.2 Å². The number of terminal acetylenes is 1. The maximum absolute atomic E-state index is 11.6. The average Bonchev–Trinajstić information content (AvgIpc) is 3.26. The molecule has 3 aliphatic heterocycles. The monoisotopic (exact) mass is 443 g/mol. The number of carbonyl (C=O) groups is 1. The zero-order valence-electron chi connectivity index (χ0n) is 18.4. The highest BCUT2D eigenvalue weighted by Crippen LogP contribution is 2.46. The van der Waals surface area contributed by atoms with Gasteiger partial charge in [0.15, 0.2) is 12.1 Å². The summed E-state index contributed by atoms with van der Waals surface area (Å²) in [6, 6.07) is -0.444. The molecule has 0 aromatic heterocycles. The van der Waals surface area contributed by atoms with Gasteiger partial charge in [0.05, 0.1) is 52.9 Å². The largest absolute Gasteiger partial charge is 0.377 e. The Morgan fingerprint density at radius 1 is 1.03 bits per heavy atom. The highest BCUT2D eigenvalue weighted by Gasteiger charge is 2.66. The molecule has 0 aliphatic carbocycles. The lowest BCUT2D eigenvalue weighted by atomic mass is 9.88. The van der Waals surface area contributed by atoms with Crippen molar-refractivity contribution < 1.29 is 42.7 Å². The van der Waals surface area contributed by atoms with Crippen LogP contribution in [0.4, 0.5) is 0 Å². The van der Waals surface area contributed by atoms with Crippen LogP contribution in [0.2, 0.25) is 0 Å². The zero-order chi connectivity index (χ0) is 22.3. The summed E-state index contributed by atoms with van der Waals surface area (Å²) in [5, 5.41) is 2.87. The van der Waals surface area contributed by atoms with Gasteiger partial charge in [-0.05, 0) is 13.8 Å². The maximum Gasteiger partial charge on any atom is 0.217 e. The highest BCUT2D eigenvalue weighted by molar-refractivity contribution is 5.73. The average molecular weight is 443 g/mol. The fourth-order valence-corrected chi connectivity index (χ4v) is 3.94. The van der Waals surface area contributed by atoms with Crippen LogP contribution >= 0.6 is 0 Å². The van der Waals surface area contributed by atoms with Gasteiger partial charge in [-0.2, -0.15) is 0 Å². The molecule has 0 saturated carbocycles. The van der Waals surface area contributed by atoms with Crippen LogP contribution in [-0.4, -0.2) is 101 Å². The van der Waals surface area contributed by atoms with Crippen molar-refractivity contribution in [1.29, 1.82) is 0 Å². The van der Waals surface area contributed by atoms with Crippen molar-refractivity contribution in [1.82, 2.24) is 5.32 Å². The summed E-state index contributed by atoms with van der Waals surface area (Å²) in [4.78, 5) is 11.6. The number of hydrogen-bond acceptors (Lipinski definition) is 9. The molecule has 3 rings (SSSR count). The number of hydrogen-bond donors (Lipinski definition) is 1. The minimum Gasteiger partial charge on any atom is -0.377 e. The molecule has 5 unspecified atom stereocenters. The Labute approximate surface area is 183 Å². The molecule has 2 bridgehead atoms. The van der Waals surface area contributed by atoms with Crippen molar-refractivity contribution >= 4 is 5.91 Å². The third kappa shape index (κ3) is 6.37. The van der Waals surface area contributed by atoms with E-state index < -0.39 is 29.8 Å². The van der Waals surface area contributed by atoms with Crippen LogP contribution in [0.25, 0.3) is 0 Å². The van der Waals surface area contributed by atoms with Crippen molar-refractivity contribution in [2.45, 2.75) is 56.7 Å². The van der Waals surface area contributed by atoms with E-state index in [0.717, 1.165) is 0 Å². The fourth-order valence-electron chi connectivity index (χ4n) is 3.94. The standard InChI is InChI=1S/C21H33NO9/c1-5-6-24-7-8-25-9-10-26-11-12-27-13-21-14-28-19(31-21)16(22-15(2)23)17-18(21)30-20(3,4)29-17/h1,16-19H,6-14H2,2-4H3,(H,22,23). The molecule has 5 atom stereocenters. The molecule has 10 nitrogen and oxygen atoms in total. The predicted molar refractivity (Wildman–Crippen MR) is 107 cm³/mol. The molecule has 31 heavy (non-hydrogen) atoms. The number of rotatable bonds is 13. The first kappa shape index (κ1) is 24.4. The second-order valence-corrected chi connectivity index (χ2v) is 8.14. The number of ether oxygens (including phenoxy) is 8. The SMILES string of the molecule is C#CCOCCOCCOCCOCC12COC(O1)C(NC(C)=O)C1OC(C)(C)OC12. The van der Waals surface area contributed by atoms with E-state index >= 15 is 0 Å². The van der Waals surface area contributed by atoms with E-state index in [0.29, 0.717) is 52.9 Å². The topological polar surface area (TPSA) is 103 Å². The molecule has 0 aromatic rings. The second-order valence-electron chi connectivity index (χ2n) is 8.14. The number of carbonyl (C=O) groups excluding carboxylic acids is 1. The molecule has 3 heterocycles. The minimum atomic E-state index is -0.792. The van der Waals surface area contributed by atoms with E-state index in [9.17, 15) is 4.79 Å². The minimum absolute atomic E-state index is 0.180. The van der Waals surface area contributed by atoms with E-state index in [1.165, 1.54) is 6.92 Å². The Hall–Kier alpha value is -1.29. The quantitative estimate of drug-likeness (QED) is 0.307. The zero-order valence-corrected chi connectivity index (χ0v) is 18.4. The third-order valence-electron chi connectivity index (χ3n) is 5.16. The number of amides is 1. The van der Waals surface area contributed by atoms with Gasteiger partial charge in [0.1, 0.15) is 30.5 Å². The predicted octanol–water partition coefficient (Wildman–Crippen LogP) is -0.164. The third-order valence-corrected chi connectivity index (χ3v) is 5.16. The van der Waals surface area contributed by atoms with Crippen molar-refractivity contribution in [3.05, 3.63) is 0 Å². The van der Waals surface area contributed by atoms with Crippen LogP contribution in [0.1, 0.15) is 20.8 Å². The van der Waals surface area contributed by atoms with Gasteiger partial charge in [-0.3, -0.25) is 4.79 Å². The molecular weight excluding hydrogens is 410 g/mol. The lowest BCUT2D eigenvalue weighted by Gasteiger charge is -2.42. The van der Waals surface area contributed by atoms with Crippen LogP contribution < -0.4 is 5.32 Å². The molecule has 1 N–H and O–H groups in total. The molecule has 1 amide bonds. The van der Waals surface area contributed by atoms with Gasteiger partial charge in [0.25, 0.3) is 0 Å². The van der Waals surface area contributed by atoms with Gasteiger partial charge in [-0.15, -0.1) is 6.42 Å². The molecule has 0 radical (unpaired) electrons. The van der Waals surface area contributed by atoms with E-state index in [1.54, 1.807) is 0 Å². The number of fused-ring (bicyclic) bond motifs is 4. The molecule has 3 aliphatic rings. The Morgan fingerprint density at radius 3 is 2.32 bits per heavy atom. The normalized spacial score (nSPS) is 33.1. The first-order valence-electron chi connectivity index (χ1n) is 10.5. The summed E-state index contributed by atoms with van der Waals surface area (Å²) < 4.78 is 46.0. The lowest BCUT2D eigenvalue weighted by Crippen LogP contribution is -2.65. The second kappa shape index (κ2) is 11.0. The maximum atomic E-state index is 11.6. The highest BCUT2D eigenvalue weighted by atomic mass is 16.8. The van der Waals surface area contributed by atoms with Crippen LogP contribution in [0, 0.1) is 12.3 Å². The van der Waals surface area contributed by atoms with Gasteiger partial charge in [0, 0.05) is 6.92 Å². The molecule has 3 saturated heterocycles. The lowest BCUT2D eigenvalue weighted by molar-refractivity contribution is -0.214. The summed E-state index contributed by atoms with van der Waals surface area (Å²) in [6.45, 7) is 8.67. The summed E-state index contributed by atoms with van der Waals surface area (Å²) in [5.74, 6) is 1.42. The van der Waals surface area contributed by atoms with Crippen LogP contribution in [-0.2, 0) is 42.7 Å². The van der Waals surface area contributed by atoms with Gasteiger partial charge in [-0.1, -0.05) is 5.92 Å². The Morgan fingerprint density at radius 2 is 1.68 bits per heavy atom.